The highest BCUT2D eigenvalue weighted by Gasteiger charge is 2.36. The zero-order chi connectivity index (χ0) is 40.6. The van der Waals surface area contributed by atoms with Gasteiger partial charge in [0, 0.05) is 24.1 Å². The van der Waals surface area contributed by atoms with Crippen LogP contribution in [0.15, 0.2) is 54.7 Å². The van der Waals surface area contributed by atoms with Crippen LogP contribution in [0.2, 0.25) is 0 Å². The lowest BCUT2D eigenvalue weighted by Gasteiger charge is -2.29. The van der Waals surface area contributed by atoms with Gasteiger partial charge in [0.2, 0.25) is 17.7 Å². The molecule has 0 saturated heterocycles. The number of imide groups is 1. The Balaban J connectivity index is 1.75. The number of amides is 6. The third-order valence-corrected chi connectivity index (χ3v) is 8.49. The Bertz CT molecular complexity index is 1980. The monoisotopic (exact) mass is 759 g/mol. The van der Waals surface area contributed by atoms with Crippen molar-refractivity contribution in [3.63, 3.8) is 0 Å². The highest BCUT2D eigenvalue weighted by molar-refractivity contribution is 6.34. The molecule has 0 unspecified atom stereocenters. The van der Waals surface area contributed by atoms with Gasteiger partial charge in [0.15, 0.2) is 0 Å². The first-order chi connectivity index (χ1) is 25.9. The summed E-state index contributed by atoms with van der Waals surface area (Å²) in [4.78, 5) is 96.5. The van der Waals surface area contributed by atoms with Crippen LogP contribution >= 0.6 is 0 Å². The van der Waals surface area contributed by atoms with Crippen molar-refractivity contribution < 1.29 is 43.0 Å². The van der Waals surface area contributed by atoms with Gasteiger partial charge in [-0.3, -0.25) is 38.7 Å². The fourth-order valence-electron chi connectivity index (χ4n) is 6.02. The van der Waals surface area contributed by atoms with E-state index in [0.29, 0.717) is 22.3 Å². The molecule has 0 radical (unpaired) electrons. The topological polar surface area (TPSA) is 216 Å². The standard InChI is InChI=1S/C39H49N7O9/c1-9-54-30(48)20-41-36(51)31(21(2)3)45-37(52)32(22(4)5)44-35(50)26(42-38(53)55-39(6,7)8)18-24-23-14-10-11-15-27(23)46(28-16-12-13-17-40-28)33(24)25-19-29(47)43-34(25)49/h10-17,19,21-22,26,31-32H,9,18,20H2,1-8H3,(H,41,51)(H,42,53)(H,44,50)(H,45,52)(H,43,47,49)/t26-,31-,32-/m0/s1. The van der Waals surface area contributed by atoms with E-state index in [-0.39, 0.29) is 30.8 Å². The summed E-state index contributed by atoms with van der Waals surface area (Å²) < 4.78 is 12.1. The second-order valence-electron chi connectivity index (χ2n) is 14.6. The molecule has 55 heavy (non-hydrogen) atoms. The number of hydrogen-bond donors (Lipinski definition) is 5. The summed E-state index contributed by atoms with van der Waals surface area (Å²) >= 11 is 0. The number of pyridine rings is 1. The number of carbonyl (C=O) groups excluding carboxylic acids is 7. The Labute approximate surface area is 319 Å². The lowest BCUT2D eigenvalue weighted by molar-refractivity contribution is -0.144. The van der Waals surface area contributed by atoms with Gasteiger partial charge in [-0.05, 0) is 63.3 Å². The van der Waals surface area contributed by atoms with Crippen LogP contribution in [0.1, 0.15) is 66.6 Å². The number of carbonyl (C=O) groups is 7. The molecule has 0 fully saturated rings. The number of para-hydroxylation sites is 1. The van der Waals surface area contributed by atoms with Gasteiger partial charge in [-0.25, -0.2) is 9.78 Å². The van der Waals surface area contributed by atoms with Crippen molar-refractivity contribution in [3.05, 3.63) is 66.0 Å². The third-order valence-electron chi connectivity index (χ3n) is 8.49. The van der Waals surface area contributed by atoms with Crippen LogP contribution in [0.4, 0.5) is 4.79 Å². The number of ether oxygens (including phenoxy) is 2. The predicted octanol–water partition coefficient (Wildman–Crippen LogP) is 2.46. The molecule has 16 heteroatoms. The molecule has 1 aliphatic rings. The Hall–Kier alpha value is -6.06. The fraction of sp³-hybridized carbons (Fsp3) is 0.436. The Morgan fingerprint density at radius 3 is 2.07 bits per heavy atom. The molecule has 0 aliphatic carbocycles. The van der Waals surface area contributed by atoms with E-state index in [1.165, 1.54) is 6.08 Å². The number of rotatable bonds is 15. The molecule has 0 saturated carbocycles. The highest BCUT2D eigenvalue weighted by atomic mass is 16.6. The average molecular weight is 760 g/mol. The molecule has 3 aromatic rings. The SMILES string of the molecule is CCOC(=O)CNC(=O)[C@@H](NC(=O)[C@@H](NC(=O)[C@H](Cc1c(C2=CC(=O)NC2=O)n(-c2ccccn2)c2ccccc12)NC(=O)OC(C)(C)C)C(C)C)C(C)C. The van der Waals surface area contributed by atoms with Crippen LogP contribution in [0.25, 0.3) is 22.3 Å². The molecule has 294 valence electrons. The minimum absolute atomic E-state index is 0.0266. The fourth-order valence-corrected chi connectivity index (χ4v) is 6.02. The minimum Gasteiger partial charge on any atom is -0.465 e. The number of benzene rings is 1. The van der Waals surface area contributed by atoms with E-state index in [4.69, 9.17) is 9.47 Å². The van der Waals surface area contributed by atoms with E-state index >= 15 is 0 Å². The van der Waals surface area contributed by atoms with Crippen LogP contribution in [0.5, 0.6) is 0 Å². The molecule has 3 atom stereocenters. The van der Waals surface area contributed by atoms with E-state index < -0.39 is 77.2 Å². The predicted molar refractivity (Wildman–Crippen MR) is 202 cm³/mol. The zero-order valence-electron chi connectivity index (χ0n) is 32.3. The summed E-state index contributed by atoms with van der Waals surface area (Å²) in [5.74, 6) is -4.45. The zero-order valence-corrected chi connectivity index (χ0v) is 32.3. The molecule has 5 N–H and O–H groups in total. The summed E-state index contributed by atoms with van der Waals surface area (Å²) in [5, 5.41) is 13.5. The first-order valence-corrected chi connectivity index (χ1v) is 18.1. The molecule has 16 nitrogen and oxygen atoms in total. The summed E-state index contributed by atoms with van der Waals surface area (Å²) in [6, 6.07) is 8.73. The van der Waals surface area contributed by atoms with E-state index in [2.05, 4.69) is 31.6 Å². The molecular weight excluding hydrogens is 710 g/mol. The Morgan fingerprint density at radius 1 is 0.855 bits per heavy atom. The van der Waals surface area contributed by atoms with Gasteiger partial charge in [0.05, 0.1) is 23.4 Å². The van der Waals surface area contributed by atoms with Crippen LogP contribution in [0, 0.1) is 11.8 Å². The number of aromatic nitrogens is 2. The van der Waals surface area contributed by atoms with Crippen molar-refractivity contribution in [2.75, 3.05) is 13.2 Å². The number of nitrogens with zero attached hydrogens (tertiary/aromatic N) is 2. The van der Waals surface area contributed by atoms with E-state index in [1.807, 2.05) is 0 Å². The minimum atomic E-state index is -1.39. The Kier molecular flexibility index (Phi) is 13.5. The lowest BCUT2D eigenvalue weighted by Crippen LogP contribution is -2.59. The molecule has 0 spiro atoms. The molecule has 3 heterocycles. The summed E-state index contributed by atoms with van der Waals surface area (Å²) in [6.45, 7) is 13.2. The number of fused-ring (bicyclic) bond motifs is 1. The molecule has 6 amide bonds. The molecule has 1 aromatic carbocycles. The third kappa shape index (κ3) is 10.5. The Morgan fingerprint density at radius 2 is 1.49 bits per heavy atom. The molecule has 0 bridgehead atoms. The lowest BCUT2D eigenvalue weighted by atomic mass is 9.96. The first-order valence-electron chi connectivity index (χ1n) is 18.1. The molecule has 4 rings (SSSR count). The van der Waals surface area contributed by atoms with Gasteiger partial charge in [0.25, 0.3) is 11.8 Å². The van der Waals surface area contributed by atoms with Crippen molar-refractivity contribution in [3.8, 4) is 5.82 Å². The largest absolute Gasteiger partial charge is 0.465 e. The highest BCUT2D eigenvalue weighted by Crippen LogP contribution is 2.35. The van der Waals surface area contributed by atoms with E-state index in [1.54, 1.807) is 109 Å². The maximum atomic E-state index is 14.4. The first kappa shape index (κ1) is 41.7. The average Bonchev–Trinajstić information content (AvgIpc) is 3.61. The second kappa shape index (κ2) is 17.8. The number of hydrogen-bond acceptors (Lipinski definition) is 10. The summed E-state index contributed by atoms with van der Waals surface area (Å²) in [5.41, 5.74) is 0.407. The van der Waals surface area contributed by atoms with Crippen LogP contribution < -0.4 is 26.6 Å². The number of esters is 1. The van der Waals surface area contributed by atoms with Gasteiger partial charge < -0.3 is 30.7 Å². The second-order valence-corrected chi connectivity index (χ2v) is 14.6. The van der Waals surface area contributed by atoms with Gasteiger partial charge in [-0.15, -0.1) is 0 Å². The smallest absolute Gasteiger partial charge is 0.408 e. The van der Waals surface area contributed by atoms with Gasteiger partial charge in [-0.1, -0.05) is 52.0 Å². The van der Waals surface area contributed by atoms with Gasteiger partial charge in [0.1, 0.15) is 36.1 Å². The van der Waals surface area contributed by atoms with Crippen LogP contribution in [0.3, 0.4) is 0 Å². The quantitative estimate of drug-likeness (QED) is 0.113. The van der Waals surface area contributed by atoms with E-state index in [0.717, 1.165) is 0 Å². The number of nitrogens with one attached hydrogen (secondary N) is 5. The number of alkyl carbamates (subject to hydrolysis) is 1. The summed E-state index contributed by atoms with van der Waals surface area (Å²) in [6.07, 6.45) is 1.60. The maximum Gasteiger partial charge on any atom is 0.408 e. The summed E-state index contributed by atoms with van der Waals surface area (Å²) in [7, 11) is 0. The van der Waals surface area contributed by atoms with Crippen molar-refractivity contribution >= 4 is 58.1 Å². The molecule has 2 aromatic heterocycles. The van der Waals surface area contributed by atoms with Crippen molar-refractivity contribution in [1.82, 2.24) is 36.1 Å². The van der Waals surface area contributed by atoms with Crippen molar-refractivity contribution in [2.45, 2.75) is 85.5 Å². The van der Waals surface area contributed by atoms with Crippen molar-refractivity contribution in [1.29, 1.82) is 0 Å². The van der Waals surface area contributed by atoms with Crippen LogP contribution in [-0.2, 0) is 44.7 Å². The van der Waals surface area contributed by atoms with Gasteiger partial charge in [-0.2, -0.15) is 0 Å². The normalized spacial score (nSPS) is 14.5. The van der Waals surface area contributed by atoms with Crippen LogP contribution in [-0.4, -0.2) is 88.0 Å². The maximum absolute atomic E-state index is 14.4. The van der Waals surface area contributed by atoms with E-state index in [9.17, 15) is 33.6 Å². The molecule has 1 aliphatic heterocycles. The van der Waals surface area contributed by atoms with Crippen molar-refractivity contribution in [2.24, 2.45) is 11.8 Å². The van der Waals surface area contributed by atoms with Gasteiger partial charge >= 0.3 is 12.1 Å². The molecular formula is C39H49N7O9.